The van der Waals surface area contributed by atoms with E-state index in [-0.39, 0.29) is 0 Å². The Balaban J connectivity index is 2.08. The molecule has 3 nitrogen and oxygen atoms in total. The van der Waals surface area contributed by atoms with E-state index < -0.39 is 6.10 Å². The summed E-state index contributed by atoms with van der Waals surface area (Å²) in [6.45, 7) is 4.63. The number of benzene rings is 2. The van der Waals surface area contributed by atoms with Crippen molar-refractivity contribution in [2.45, 2.75) is 32.5 Å². The molecule has 0 fully saturated rings. The molecule has 0 aliphatic rings. The molecule has 0 radical (unpaired) electrons. The molecule has 0 aliphatic carbocycles. The van der Waals surface area contributed by atoms with Gasteiger partial charge in [0.2, 0.25) is 0 Å². The second-order valence-corrected chi connectivity index (χ2v) is 5.24. The molecule has 1 N–H and O–H groups in total. The zero-order valence-electron chi connectivity index (χ0n) is 12.3. The fourth-order valence-electron chi connectivity index (χ4n) is 2.11. The summed E-state index contributed by atoms with van der Waals surface area (Å²) >= 11 is 0. The summed E-state index contributed by atoms with van der Waals surface area (Å²) in [7, 11) is 0. The van der Waals surface area contributed by atoms with E-state index in [1.54, 1.807) is 12.1 Å². The SMILES string of the molecule is CC(C)c1ccc(OCc2ccccc2C(O)C#N)cc1. The van der Waals surface area contributed by atoms with Crippen LogP contribution in [0.4, 0.5) is 0 Å². The maximum Gasteiger partial charge on any atom is 0.166 e. The first-order valence-corrected chi connectivity index (χ1v) is 7.00. The van der Waals surface area contributed by atoms with Gasteiger partial charge in [-0.15, -0.1) is 0 Å². The molecule has 0 bridgehead atoms. The number of hydrogen-bond acceptors (Lipinski definition) is 3. The Labute approximate surface area is 125 Å². The molecule has 2 aromatic rings. The molecule has 0 spiro atoms. The van der Waals surface area contributed by atoms with Gasteiger partial charge in [0.25, 0.3) is 0 Å². The standard InChI is InChI=1S/C18H19NO2/c1-13(2)14-7-9-16(10-8-14)21-12-15-5-3-4-6-17(15)18(20)11-19/h3-10,13,18,20H,12H2,1-2H3. The van der Waals surface area contributed by atoms with E-state index in [2.05, 4.69) is 26.0 Å². The number of ether oxygens (including phenoxy) is 1. The smallest absolute Gasteiger partial charge is 0.166 e. The quantitative estimate of drug-likeness (QED) is 0.844. The summed E-state index contributed by atoms with van der Waals surface area (Å²) in [6, 6.07) is 17.1. The van der Waals surface area contributed by atoms with E-state index in [1.165, 1.54) is 5.56 Å². The second kappa shape index (κ2) is 6.92. The summed E-state index contributed by atoms with van der Waals surface area (Å²) in [5.41, 5.74) is 2.68. The number of aliphatic hydroxyl groups is 1. The second-order valence-electron chi connectivity index (χ2n) is 5.24. The van der Waals surface area contributed by atoms with Crippen LogP contribution in [0.1, 0.15) is 42.6 Å². The Morgan fingerprint density at radius 1 is 1.10 bits per heavy atom. The van der Waals surface area contributed by atoms with Gasteiger partial charge >= 0.3 is 0 Å². The topological polar surface area (TPSA) is 53.2 Å². The molecule has 0 aromatic heterocycles. The third-order valence-corrected chi connectivity index (χ3v) is 3.41. The molecule has 2 rings (SSSR count). The van der Waals surface area contributed by atoms with E-state index in [1.807, 2.05) is 30.3 Å². The lowest BCUT2D eigenvalue weighted by atomic mass is 10.0. The van der Waals surface area contributed by atoms with Crippen LogP contribution in [0.5, 0.6) is 5.75 Å². The van der Waals surface area contributed by atoms with E-state index in [9.17, 15) is 5.11 Å². The van der Waals surface area contributed by atoms with E-state index in [0.717, 1.165) is 11.3 Å². The molecule has 1 atom stereocenters. The predicted molar refractivity (Wildman–Crippen MR) is 81.9 cm³/mol. The third kappa shape index (κ3) is 3.84. The Kier molecular flexibility index (Phi) is 4.97. The first kappa shape index (κ1) is 15.1. The van der Waals surface area contributed by atoms with Crippen LogP contribution in [0.25, 0.3) is 0 Å². The molecule has 0 heterocycles. The van der Waals surface area contributed by atoms with Crippen LogP contribution < -0.4 is 4.74 Å². The Morgan fingerprint density at radius 2 is 1.76 bits per heavy atom. The van der Waals surface area contributed by atoms with Gasteiger partial charge in [0, 0.05) is 5.56 Å². The largest absolute Gasteiger partial charge is 0.489 e. The van der Waals surface area contributed by atoms with Gasteiger partial charge in [-0.05, 0) is 29.2 Å². The van der Waals surface area contributed by atoms with Gasteiger partial charge in [-0.3, -0.25) is 0 Å². The van der Waals surface area contributed by atoms with Crippen molar-refractivity contribution in [1.82, 2.24) is 0 Å². The van der Waals surface area contributed by atoms with Crippen molar-refractivity contribution < 1.29 is 9.84 Å². The van der Waals surface area contributed by atoms with Crippen molar-refractivity contribution in [2.75, 3.05) is 0 Å². The average Bonchev–Trinajstić information content (AvgIpc) is 2.52. The van der Waals surface area contributed by atoms with Gasteiger partial charge in [-0.1, -0.05) is 50.2 Å². The van der Waals surface area contributed by atoms with Gasteiger partial charge < -0.3 is 9.84 Å². The van der Waals surface area contributed by atoms with Crippen molar-refractivity contribution in [2.24, 2.45) is 0 Å². The van der Waals surface area contributed by atoms with Gasteiger partial charge in [-0.2, -0.15) is 5.26 Å². The van der Waals surface area contributed by atoms with Crippen molar-refractivity contribution in [3.63, 3.8) is 0 Å². The van der Waals surface area contributed by atoms with Crippen LogP contribution in [0.3, 0.4) is 0 Å². The minimum atomic E-state index is -1.12. The fourth-order valence-corrected chi connectivity index (χ4v) is 2.11. The van der Waals surface area contributed by atoms with Crippen molar-refractivity contribution in [3.05, 3.63) is 65.2 Å². The van der Waals surface area contributed by atoms with E-state index in [0.29, 0.717) is 18.1 Å². The predicted octanol–water partition coefficient (Wildman–Crippen LogP) is 3.95. The van der Waals surface area contributed by atoms with Gasteiger partial charge in [0.15, 0.2) is 6.10 Å². The van der Waals surface area contributed by atoms with Gasteiger partial charge in [-0.25, -0.2) is 0 Å². The summed E-state index contributed by atoms with van der Waals surface area (Å²) in [6.07, 6.45) is -1.12. The molecular formula is C18H19NO2. The highest BCUT2D eigenvalue weighted by atomic mass is 16.5. The Morgan fingerprint density at radius 3 is 2.38 bits per heavy atom. The number of rotatable bonds is 5. The molecule has 0 amide bonds. The van der Waals surface area contributed by atoms with Crippen LogP contribution in [-0.4, -0.2) is 5.11 Å². The average molecular weight is 281 g/mol. The van der Waals surface area contributed by atoms with Crippen molar-refractivity contribution >= 4 is 0 Å². The number of nitrogens with zero attached hydrogens (tertiary/aromatic N) is 1. The minimum absolute atomic E-state index is 0.329. The molecule has 108 valence electrons. The monoisotopic (exact) mass is 281 g/mol. The molecule has 1 unspecified atom stereocenters. The zero-order valence-corrected chi connectivity index (χ0v) is 12.3. The third-order valence-electron chi connectivity index (χ3n) is 3.41. The van der Waals surface area contributed by atoms with Gasteiger partial charge in [0.1, 0.15) is 12.4 Å². The van der Waals surface area contributed by atoms with Crippen LogP contribution in [0.2, 0.25) is 0 Å². The maximum absolute atomic E-state index is 9.69. The molecule has 0 saturated carbocycles. The lowest BCUT2D eigenvalue weighted by Crippen LogP contribution is -2.03. The highest BCUT2D eigenvalue weighted by Gasteiger charge is 2.11. The van der Waals surface area contributed by atoms with Crippen LogP contribution in [-0.2, 0) is 6.61 Å². The number of aliphatic hydroxyl groups excluding tert-OH is 1. The fraction of sp³-hybridized carbons (Fsp3) is 0.278. The van der Waals surface area contributed by atoms with Crippen LogP contribution in [0.15, 0.2) is 48.5 Å². The molecular weight excluding hydrogens is 262 g/mol. The lowest BCUT2D eigenvalue weighted by Gasteiger charge is -2.12. The maximum atomic E-state index is 9.69. The molecule has 0 aliphatic heterocycles. The first-order valence-electron chi connectivity index (χ1n) is 7.00. The van der Waals surface area contributed by atoms with Crippen LogP contribution in [0, 0.1) is 11.3 Å². The normalized spacial score (nSPS) is 12.0. The Hall–Kier alpha value is -2.31. The summed E-state index contributed by atoms with van der Waals surface area (Å²) < 4.78 is 5.74. The van der Waals surface area contributed by atoms with E-state index in [4.69, 9.17) is 10.00 Å². The van der Waals surface area contributed by atoms with Crippen molar-refractivity contribution in [3.8, 4) is 11.8 Å². The zero-order chi connectivity index (χ0) is 15.2. The summed E-state index contributed by atoms with van der Waals surface area (Å²) in [5, 5.41) is 18.5. The first-order chi connectivity index (χ1) is 10.1. The minimum Gasteiger partial charge on any atom is -0.489 e. The molecule has 2 aromatic carbocycles. The summed E-state index contributed by atoms with van der Waals surface area (Å²) in [5.74, 6) is 1.27. The molecule has 3 heteroatoms. The highest BCUT2D eigenvalue weighted by Crippen LogP contribution is 2.22. The molecule has 0 saturated heterocycles. The van der Waals surface area contributed by atoms with Gasteiger partial charge in [0.05, 0.1) is 6.07 Å². The number of nitriles is 1. The number of hydrogen-bond donors (Lipinski definition) is 1. The van der Waals surface area contributed by atoms with E-state index >= 15 is 0 Å². The Bertz CT molecular complexity index is 626. The van der Waals surface area contributed by atoms with Crippen molar-refractivity contribution in [1.29, 1.82) is 5.26 Å². The molecule has 21 heavy (non-hydrogen) atoms. The highest BCUT2D eigenvalue weighted by molar-refractivity contribution is 5.33. The lowest BCUT2D eigenvalue weighted by molar-refractivity contribution is 0.229. The summed E-state index contributed by atoms with van der Waals surface area (Å²) in [4.78, 5) is 0. The van der Waals surface area contributed by atoms with Crippen LogP contribution >= 0.6 is 0 Å².